The van der Waals surface area contributed by atoms with Gasteiger partial charge in [0.05, 0.1) is 0 Å². The fourth-order valence-electron chi connectivity index (χ4n) is 1.24. The van der Waals surface area contributed by atoms with E-state index in [-0.39, 0.29) is 13.0 Å². The van der Waals surface area contributed by atoms with Crippen LogP contribution < -0.4 is 0 Å². The first-order valence-electron chi connectivity index (χ1n) is 5.10. The summed E-state index contributed by atoms with van der Waals surface area (Å²) >= 11 is 0. The predicted molar refractivity (Wildman–Crippen MR) is 61.7 cm³/mol. The Hall–Kier alpha value is -1.61. The van der Waals surface area contributed by atoms with Gasteiger partial charge in [0.25, 0.3) is 0 Å². The van der Waals surface area contributed by atoms with Gasteiger partial charge in [-0.05, 0) is 12.5 Å². The number of aliphatic hydroxyl groups is 1. The average molecular weight is 220 g/mol. The summed E-state index contributed by atoms with van der Waals surface area (Å²) in [5, 5.41) is 9.72. The zero-order valence-corrected chi connectivity index (χ0v) is 9.35. The summed E-state index contributed by atoms with van der Waals surface area (Å²) in [6, 6.07) is 9.33. The molecular formula is C13H16O3. The van der Waals surface area contributed by atoms with Gasteiger partial charge in [-0.2, -0.15) is 0 Å². The SMILES string of the molecule is C=CC[C@@](C)(O)C(=O)OCc1ccccc1. The molecule has 1 aromatic rings. The van der Waals surface area contributed by atoms with Crippen LogP contribution in [0.15, 0.2) is 43.0 Å². The van der Waals surface area contributed by atoms with Crippen molar-refractivity contribution in [3.05, 3.63) is 48.6 Å². The quantitative estimate of drug-likeness (QED) is 0.610. The summed E-state index contributed by atoms with van der Waals surface area (Å²) in [4.78, 5) is 11.5. The van der Waals surface area contributed by atoms with Crippen LogP contribution in [-0.4, -0.2) is 16.7 Å². The molecule has 86 valence electrons. The van der Waals surface area contributed by atoms with E-state index in [1.807, 2.05) is 30.3 Å². The first-order chi connectivity index (χ1) is 7.56. The number of benzene rings is 1. The van der Waals surface area contributed by atoms with Crippen molar-refractivity contribution in [2.75, 3.05) is 0 Å². The molecule has 0 spiro atoms. The summed E-state index contributed by atoms with van der Waals surface area (Å²) in [6.45, 7) is 5.07. The molecule has 16 heavy (non-hydrogen) atoms. The maximum Gasteiger partial charge on any atom is 0.338 e. The van der Waals surface area contributed by atoms with E-state index in [4.69, 9.17) is 4.74 Å². The van der Waals surface area contributed by atoms with Crippen LogP contribution in [0.3, 0.4) is 0 Å². The van der Waals surface area contributed by atoms with Gasteiger partial charge in [-0.3, -0.25) is 0 Å². The van der Waals surface area contributed by atoms with E-state index in [9.17, 15) is 9.90 Å². The molecule has 1 aromatic carbocycles. The number of hydrogen-bond donors (Lipinski definition) is 1. The van der Waals surface area contributed by atoms with E-state index in [1.165, 1.54) is 13.0 Å². The smallest absolute Gasteiger partial charge is 0.338 e. The molecule has 0 aromatic heterocycles. The van der Waals surface area contributed by atoms with Gasteiger partial charge in [-0.25, -0.2) is 4.79 Å². The number of rotatable bonds is 5. The highest BCUT2D eigenvalue weighted by Crippen LogP contribution is 2.13. The van der Waals surface area contributed by atoms with Crippen LogP contribution in [0.2, 0.25) is 0 Å². The first kappa shape index (κ1) is 12.5. The van der Waals surface area contributed by atoms with Gasteiger partial charge in [0, 0.05) is 6.42 Å². The highest BCUT2D eigenvalue weighted by atomic mass is 16.5. The molecule has 3 nitrogen and oxygen atoms in total. The Morgan fingerprint density at radius 3 is 2.69 bits per heavy atom. The van der Waals surface area contributed by atoms with E-state index in [2.05, 4.69) is 6.58 Å². The molecule has 0 heterocycles. The monoisotopic (exact) mass is 220 g/mol. The number of esters is 1. The van der Waals surface area contributed by atoms with Gasteiger partial charge < -0.3 is 9.84 Å². The van der Waals surface area contributed by atoms with Crippen LogP contribution in [0.4, 0.5) is 0 Å². The predicted octanol–water partition coefficient (Wildman–Crippen LogP) is 2.06. The minimum atomic E-state index is -1.49. The average Bonchev–Trinajstić information content (AvgIpc) is 2.27. The molecule has 0 saturated carbocycles. The zero-order valence-electron chi connectivity index (χ0n) is 9.35. The third-order valence-corrected chi connectivity index (χ3v) is 2.19. The van der Waals surface area contributed by atoms with Crippen LogP contribution in [0.1, 0.15) is 18.9 Å². The molecule has 1 atom stereocenters. The first-order valence-corrected chi connectivity index (χ1v) is 5.10. The minimum Gasteiger partial charge on any atom is -0.459 e. The number of carbonyl (C=O) groups is 1. The Kier molecular flexibility index (Phi) is 4.26. The van der Waals surface area contributed by atoms with Crippen molar-refractivity contribution in [2.45, 2.75) is 25.6 Å². The number of hydrogen-bond acceptors (Lipinski definition) is 3. The molecule has 1 N–H and O–H groups in total. The summed E-state index contributed by atoms with van der Waals surface area (Å²) in [5.74, 6) is -0.628. The van der Waals surface area contributed by atoms with E-state index in [0.29, 0.717) is 0 Å². The van der Waals surface area contributed by atoms with Crippen LogP contribution in [0.25, 0.3) is 0 Å². The van der Waals surface area contributed by atoms with Gasteiger partial charge in [0.15, 0.2) is 5.60 Å². The third-order valence-electron chi connectivity index (χ3n) is 2.19. The lowest BCUT2D eigenvalue weighted by Gasteiger charge is -2.19. The number of carbonyl (C=O) groups excluding carboxylic acids is 1. The van der Waals surface area contributed by atoms with Crippen molar-refractivity contribution in [2.24, 2.45) is 0 Å². The van der Waals surface area contributed by atoms with Crippen molar-refractivity contribution in [1.29, 1.82) is 0 Å². The zero-order chi connectivity index (χ0) is 12.0. The van der Waals surface area contributed by atoms with E-state index >= 15 is 0 Å². The second-order valence-electron chi connectivity index (χ2n) is 3.83. The van der Waals surface area contributed by atoms with Gasteiger partial charge in [-0.1, -0.05) is 36.4 Å². The lowest BCUT2D eigenvalue weighted by molar-refractivity contribution is -0.164. The Labute approximate surface area is 95.4 Å². The Morgan fingerprint density at radius 2 is 2.12 bits per heavy atom. The normalized spacial score (nSPS) is 13.9. The molecule has 0 bridgehead atoms. The molecule has 0 aliphatic carbocycles. The standard InChI is InChI=1S/C13H16O3/c1-3-9-13(2,15)12(14)16-10-11-7-5-4-6-8-11/h3-8,15H,1,9-10H2,2H3/t13-/m1/s1. The lowest BCUT2D eigenvalue weighted by Crippen LogP contribution is -2.36. The summed E-state index contributed by atoms with van der Waals surface area (Å²) in [7, 11) is 0. The maximum absolute atomic E-state index is 11.5. The molecule has 0 amide bonds. The van der Waals surface area contributed by atoms with Gasteiger partial charge in [0.2, 0.25) is 0 Å². The van der Waals surface area contributed by atoms with E-state index in [0.717, 1.165) is 5.56 Å². The summed E-state index contributed by atoms with van der Waals surface area (Å²) < 4.78 is 5.01. The molecule has 0 aliphatic heterocycles. The topological polar surface area (TPSA) is 46.5 Å². The summed E-state index contributed by atoms with van der Waals surface area (Å²) in [5.41, 5.74) is -0.596. The summed E-state index contributed by atoms with van der Waals surface area (Å²) in [6.07, 6.45) is 1.67. The van der Waals surface area contributed by atoms with Crippen molar-refractivity contribution < 1.29 is 14.6 Å². The van der Waals surface area contributed by atoms with Gasteiger partial charge in [-0.15, -0.1) is 6.58 Å². The van der Waals surface area contributed by atoms with Crippen LogP contribution in [0.5, 0.6) is 0 Å². The molecule has 0 unspecified atom stereocenters. The number of ether oxygens (including phenoxy) is 1. The van der Waals surface area contributed by atoms with Crippen LogP contribution in [-0.2, 0) is 16.1 Å². The molecule has 0 fully saturated rings. The van der Waals surface area contributed by atoms with E-state index in [1.54, 1.807) is 0 Å². The van der Waals surface area contributed by atoms with Crippen molar-refractivity contribution in [3.63, 3.8) is 0 Å². The largest absolute Gasteiger partial charge is 0.459 e. The second kappa shape index (κ2) is 5.47. The van der Waals surface area contributed by atoms with Crippen molar-refractivity contribution in [3.8, 4) is 0 Å². The van der Waals surface area contributed by atoms with E-state index < -0.39 is 11.6 Å². The fourth-order valence-corrected chi connectivity index (χ4v) is 1.24. The molecular weight excluding hydrogens is 204 g/mol. The third kappa shape index (κ3) is 3.51. The fraction of sp³-hybridized carbons (Fsp3) is 0.308. The molecule has 0 aliphatic rings. The molecule has 0 saturated heterocycles. The van der Waals surface area contributed by atoms with Gasteiger partial charge >= 0.3 is 5.97 Å². The lowest BCUT2D eigenvalue weighted by atomic mass is 10.0. The molecule has 1 rings (SSSR count). The highest BCUT2D eigenvalue weighted by molar-refractivity contribution is 5.78. The Balaban J connectivity index is 2.50. The minimum absolute atomic E-state index is 0.174. The molecule has 3 heteroatoms. The van der Waals surface area contributed by atoms with Crippen LogP contribution in [0, 0.1) is 0 Å². The Bertz CT molecular complexity index is 355. The van der Waals surface area contributed by atoms with Crippen molar-refractivity contribution in [1.82, 2.24) is 0 Å². The Morgan fingerprint density at radius 1 is 1.50 bits per heavy atom. The molecule has 0 radical (unpaired) electrons. The maximum atomic E-state index is 11.5. The highest BCUT2D eigenvalue weighted by Gasteiger charge is 2.30. The van der Waals surface area contributed by atoms with Crippen molar-refractivity contribution >= 4 is 5.97 Å². The van der Waals surface area contributed by atoms with Crippen LogP contribution >= 0.6 is 0 Å². The second-order valence-corrected chi connectivity index (χ2v) is 3.83. The van der Waals surface area contributed by atoms with Gasteiger partial charge in [0.1, 0.15) is 6.61 Å².